The van der Waals surface area contributed by atoms with Crippen molar-refractivity contribution in [1.82, 2.24) is 9.80 Å². The van der Waals surface area contributed by atoms with E-state index in [0.717, 1.165) is 44.5 Å². The van der Waals surface area contributed by atoms with Gasteiger partial charge < -0.3 is 14.2 Å². The predicted molar refractivity (Wildman–Crippen MR) is 84.1 cm³/mol. The van der Waals surface area contributed by atoms with Crippen molar-refractivity contribution >= 4 is 11.8 Å². The van der Waals surface area contributed by atoms with Gasteiger partial charge in [-0.1, -0.05) is 13.3 Å². The lowest BCUT2D eigenvalue weighted by Crippen LogP contribution is -2.39. The number of hydrogen-bond donors (Lipinski definition) is 0. The van der Waals surface area contributed by atoms with Gasteiger partial charge in [-0.25, -0.2) is 0 Å². The van der Waals surface area contributed by atoms with E-state index in [1.54, 1.807) is 6.26 Å². The molecule has 22 heavy (non-hydrogen) atoms. The molecule has 5 heteroatoms. The van der Waals surface area contributed by atoms with Crippen LogP contribution in [-0.4, -0.2) is 41.2 Å². The molecule has 0 saturated carbocycles. The summed E-state index contributed by atoms with van der Waals surface area (Å²) in [4.78, 5) is 27.9. The smallest absolute Gasteiger partial charge is 0.224 e. The molecule has 5 nitrogen and oxygen atoms in total. The summed E-state index contributed by atoms with van der Waals surface area (Å²) in [6.07, 6.45) is 6.71. The summed E-state index contributed by atoms with van der Waals surface area (Å²) in [6, 6.07) is 3.73. The van der Waals surface area contributed by atoms with Gasteiger partial charge in [-0.05, 0) is 31.4 Å². The molecule has 0 bridgehead atoms. The molecule has 2 amide bonds. The SMILES string of the molecule is CCCCN(Cc1ccco1)C(=O)CCN1CCCCC1=O. The Kier molecular flexibility index (Phi) is 6.49. The van der Waals surface area contributed by atoms with E-state index in [1.165, 1.54) is 0 Å². The van der Waals surface area contributed by atoms with Crippen LogP contribution in [0.2, 0.25) is 0 Å². The number of carbonyl (C=O) groups is 2. The highest BCUT2D eigenvalue weighted by Gasteiger charge is 2.21. The Morgan fingerprint density at radius 3 is 2.95 bits per heavy atom. The van der Waals surface area contributed by atoms with Gasteiger partial charge in [0.1, 0.15) is 5.76 Å². The monoisotopic (exact) mass is 306 g/mol. The zero-order chi connectivity index (χ0) is 15.8. The number of carbonyl (C=O) groups excluding carboxylic acids is 2. The average molecular weight is 306 g/mol. The van der Waals surface area contributed by atoms with Gasteiger partial charge in [0.05, 0.1) is 12.8 Å². The number of amides is 2. The normalized spacial score (nSPS) is 15.1. The van der Waals surface area contributed by atoms with Crippen molar-refractivity contribution in [1.29, 1.82) is 0 Å². The largest absolute Gasteiger partial charge is 0.467 e. The van der Waals surface area contributed by atoms with E-state index in [-0.39, 0.29) is 11.8 Å². The van der Waals surface area contributed by atoms with Crippen molar-refractivity contribution in [2.24, 2.45) is 0 Å². The first-order valence-electron chi connectivity index (χ1n) is 8.28. The van der Waals surface area contributed by atoms with E-state index >= 15 is 0 Å². The number of furan rings is 1. The Morgan fingerprint density at radius 1 is 1.41 bits per heavy atom. The first-order valence-corrected chi connectivity index (χ1v) is 8.28. The number of rotatable bonds is 8. The summed E-state index contributed by atoms with van der Waals surface area (Å²) in [6.45, 7) is 4.70. The van der Waals surface area contributed by atoms with Crippen molar-refractivity contribution in [2.45, 2.75) is 52.0 Å². The Hall–Kier alpha value is -1.78. The number of hydrogen-bond acceptors (Lipinski definition) is 3. The van der Waals surface area contributed by atoms with Gasteiger partial charge in [-0.2, -0.15) is 0 Å². The molecule has 1 aromatic rings. The van der Waals surface area contributed by atoms with Crippen LogP contribution < -0.4 is 0 Å². The topological polar surface area (TPSA) is 53.8 Å². The Morgan fingerprint density at radius 2 is 2.27 bits per heavy atom. The first-order chi connectivity index (χ1) is 10.7. The lowest BCUT2D eigenvalue weighted by molar-refractivity contribution is -0.136. The molecule has 1 fully saturated rings. The number of unbranched alkanes of at least 4 members (excludes halogenated alkanes) is 1. The van der Waals surface area contributed by atoms with Crippen LogP contribution in [0.3, 0.4) is 0 Å². The molecule has 1 aromatic heterocycles. The van der Waals surface area contributed by atoms with Crippen LogP contribution in [0, 0.1) is 0 Å². The molecule has 122 valence electrons. The van der Waals surface area contributed by atoms with Gasteiger partial charge in [0.15, 0.2) is 0 Å². The van der Waals surface area contributed by atoms with Crippen LogP contribution in [-0.2, 0) is 16.1 Å². The molecule has 0 spiro atoms. The fourth-order valence-electron chi connectivity index (χ4n) is 2.72. The highest BCUT2D eigenvalue weighted by molar-refractivity contribution is 5.79. The highest BCUT2D eigenvalue weighted by atomic mass is 16.3. The van der Waals surface area contributed by atoms with Crippen LogP contribution >= 0.6 is 0 Å². The van der Waals surface area contributed by atoms with Crippen LogP contribution in [0.5, 0.6) is 0 Å². The summed E-state index contributed by atoms with van der Waals surface area (Å²) < 4.78 is 5.35. The molecule has 0 unspecified atom stereocenters. The second-order valence-electron chi connectivity index (χ2n) is 5.84. The number of piperidine rings is 1. The lowest BCUT2D eigenvalue weighted by Gasteiger charge is -2.28. The van der Waals surface area contributed by atoms with E-state index in [1.807, 2.05) is 21.9 Å². The second-order valence-corrected chi connectivity index (χ2v) is 5.84. The van der Waals surface area contributed by atoms with Crippen molar-refractivity contribution in [3.8, 4) is 0 Å². The standard InChI is InChI=1S/C17H26N2O3/c1-2-3-10-19(14-15-7-6-13-22-15)17(21)9-12-18-11-5-4-8-16(18)20/h6-7,13H,2-5,8-12,14H2,1H3. The molecule has 2 rings (SSSR count). The maximum atomic E-state index is 12.5. The molecule has 0 aromatic carbocycles. The summed E-state index contributed by atoms with van der Waals surface area (Å²) in [5.41, 5.74) is 0. The maximum absolute atomic E-state index is 12.5. The predicted octanol–water partition coefficient (Wildman–Crippen LogP) is 2.81. The molecule has 0 atom stereocenters. The maximum Gasteiger partial charge on any atom is 0.224 e. The van der Waals surface area contributed by atoms with Gasteiger partial charge in [0.2, 0.25) is 11.8 Å². The second kappa shape index (κ2) is 8.61. The first kappa shape index (κ1) is 16.6. The Bertz CT molecular complexity index is 470. The third kappa shape index (κ3) is 4.90. The molecular formula is C17H26N2O3. The van der Waals surface area contributed by atoms with Gasteiger partial charge in [0.25, 0.3) is 0 Å². The molecule has 1 saturated heterocycles. The van der Waals surface area contributed by atoms with Crippen molar-refractivity contribution in [3.05, 3.63) is 24.2 Å². The summed E-state index contributed by atoms with van der Waals surface area (Å²) in [5.74, 6) is 1.09. The van der Waals surface area contributed by atoms with Crippen LogP contribution in [0.1, 0.15) is 51.2 Å². The van der Waals surface area contributed by atoms with E-state index in [9.17, 15) is 9.59 Å². The van der Waals surface area contributed by atoms with E-state index in [0.29, 0.717) is 25.9 Å². The van der Waals surface area contributed by atoms with Gasteiger partial charge in [-0.3, -0.25) is 9.59 Å². The third-order valence-corrected chi connectivity index (χ3v) is 4.08. The summed E-state index contributed by atoms with van der Waals surface area (Å²) in [5, 5.41) is 0. The Balaban J connectivity index is 1.85. The van der Waals surface area contributed by atoms with E-state index in [4.69, 9.17) is 4.42 Å². The minimum absolute atomic E-state index is 0.100. The minimum atomic E-state index is 0.100. The van der Waals surface area contributed by atoms with Crippen molar-refractivity contribution < 1.29 is 14.0 Å². The number of likely N-dealkylation sites (tertiary alicyclic amines) is 1. The Labute approximate surface area is 132 Å². The molecule has 0 radical (unpaired) electrons. The van der Waals surface area contributed by atoms with Gasteiger partial charge in [-0.15, -0.1) is 0 Å². The average Bonchev–Trinajstić information content (AvgIpc) is 3.03. The van der Waals surface area contributed by atoms with Crippen LogP contribution in [0.15, 0.2) is 22.8 Å². The lowest BCUT2D eigenvalue weighted by atomic mass is 10.1. The summed E-state index contributed by atoms with van der Waals surface area (Å²) >= 11 is 0. The molecule has 2 heterocycles. The molecule has 0 aliphatic carbocycles. The van der Waals surface area contributed by atoms with Crippen LogP contribution in [0.25, 0.3) is 0 Å². The fraction of sp³-hybridized carbons (Fsp3) is 0.647. The third-order valence-electron chi connectivity index (χ3n) is 4.08. The minimum Gasteiger partial charge on any atom is -0.467 e. The highest BCUT2D eigenvalue weighted by Crippen LogP contribution is 2.13. The zero-order valence-corrected chi connectivity index (χ0v) is 13.4. The van der Waals surface area contributed by atoms with Gasteiger partial charge >= 0.3 is 0 Å². The van der Waals surface area contributed by atoms with Crippen molar-refractivity contribution in [3.63, 3.8) is 0 Å². The molecule has 1 aliphatic heterocycles. The molecule has 0 N–H and O–H groups in total. The fourth-order valence-corrected chi connectivity index (χ4v) is 2.72. The van der Waals surface area contributed by atoms with Gasteiger partial charge in [0, 0.05) is 32.5 Å². The van der Waals surface area contributed by atoms with Crippen molar-refractivity contribution in [2.75, 3.05) is 19.6 Å². The number of nitrogens with zero attached hydrogens (tertiary/aromatic N) is 2. The van der Waals surface area contributed by atoms with E-state index < -0.39 is 0 Å². The molecular weight excluding hydrogens is 280 g/mol. The quantitative estimate of drug-likeness (QED) is 0.742. The van der Waals surface area contributed by atoms with Crippen LogP contribution in [0.4, 0.5) is 0 Å². The zero-order valence-electron chi connectivity index (χ0n) is 13.4. The summed E-state index contributed by atoms with van der Waals surface area (Å²) in [7, 11) is 0. The molecule has 1 aliphatic rings. The van der Waals surface area contributed by atoms with E-state index in [2.05, 4.69) is 6.92 Å².